The van der Waals surface area contributed by atoms with Gasteiger partial charge in [0.1, 0.15) is 0 Å². The van der Waals surface area contributed by atoms with Crippen LogP contribution in [0.3, 0.4) is 0 Å². The van der Waals surface area contributed by atoms with Gasteiger partial charge in [-0.15, -0.1) is 11.8 Å². The predicted octanol–water partition coefficient (Wildman–Crippen LogP) is 4.11. The zero-order valence-electron chi connectivity index (χ0n) is 10.8. The summed E-state index contributed by atoms with van der Waals surface area (Å²) in [6, 6.07) is 9.23. The largest absolute Gasteiger partial charge is 0.313 e. The Balaban J connectivity index is 2.82. The van der Waals surface area contributed by atoms with Crippen LogP contribution in [0.2, 0.25) is 0 Å². The van der Waals surface area contributed by atoms with Gasteiger partial charge in [-0.3, -0.25) is 0 Å². The Kier molecular flexibility index (Phi) is 5.93. The SMILES string of the molecule is CCC(NC)c1ccccc1SCC(C)C. The van der Waals surface area contributed by atoms with Gasteiger partial charge >= 0.3 is 0 Å². The molecule has 1 unspecified atom stereocenters. The normalized spacial score (nSPS) is 13.1. The van der Waals surface area contributed by atoms with Gasteiger partial charge < -0.3 is 5.32 Å². The first-order valence-corrected chi connectivity index (χ1v) is 7.06. The van der Waals surface area contributed by atoms with Crippen molar-refractivity contribution in [2.45, 2.75) is 38.1 Å². The molecule has 1 aromatic carbocycles. The number of nitrogens with one attached hydrogen (secondary N) is 1. The van der Waals surface area contributed by atoms with E-state index in [0.717, 1.165) is 12.3 Å². The molecule has 0 heterocycles. The fourth-order valence-electron chi connectivity index (χ4n) is 1.74. The van der Waals surface area contributed by atoms with Gasteiger partial charge in [-0.1, -0.05) is 39.0 Å². The number of rotatable bonds is 6. The molecule has 0 radical (unpaired) electrons. The Labute approximate surface area is 104 Å². The smallest absolute Gasteiger partial charge is 0.0326 e. The Morgan fingerprint density at radius 1 is 1.25 bits per heavy atom. The molecule has 1 N–H and O–H groups in total. The summed E-state index contributed by atoms with van der Waals surface area (Å²) in [5, 5.41) is 3.38. The zero-order valence-corrected chi connectivity index (χ0v) is 11.6. The molecule has 1 atom stereocenters. The van der Waals surface area contributed by atoms with E-state index in [9.17, 15) is 0 Å². The topological polar surface area (TPSA) is 12.0 Å². The Morgan fingerprint density at radius 3 is 2.50 bits per heavy atom. The third kappa shape index (κ3) is 3.84. The van der Waals surface area contributed by atoms with Crippen LogP contribution in [0, 0.1) is 5.92 Å². The van der Waals surface area contributed by atoms with E-state index in [1.807, 2.05) is 18.8 Å². The number of hydrogen-bond acceptors (Lipinski definition) is 2. The highest BCUT2D eigenvalue weighted by molar-refractivity contribution is 7.99. The van der Waals surface area contributed by atoms with Gasteiger partial charge in [0.2, 0.25) is 0 Å². The third-order valence-corrected chi connectivity index (χ3v) is 4.14. The van der Waals surface area contributed by atoms with E-state index in [0.29, 0.717) is 6.04 Å². The van der Waals surface area contributed by atoms with Gasteiger partial charge in [-0.05, 0) is 31.0 Å². The summed E-state index contributed by atoms with van der Waals surface area (Å²) in [4.78, 5) is 1.43. The molecule has 0 aliphatic rings. The molecule has 1 rings (SSSR count). The molecule has 1 aromatic rings. The van der Waals surface area contributed by atoms with Crippen molar-refractivity contribution in [1.29, 1.82) is 0 Å². The summed E-state index contributed by atoms with van der Waals surface area (Å²) in [5.41, 5.74) is 1.44. The second-order valence-corrected chi connectivity index (χ2v) is 5.55. The standard InChI is InChI=1S/C14H23NS/c1-5-13(15-4)12-8-6-7-9-14(12)16-10-11(2)3/h6-9,11,13,15H,5,10H2,1-4H3. The molecular weight excluding hydrogens is 214 g/mol. The third-order valence-electron chi connectivity index (χ3n) is 2.62. The maximum Gasteiger partial charge on any atom is 0.0326 e. The van der Waals surface area contributed by atoms with E-state index in [4.69, 9.17) is 0 Å². The van der Waals surface area contributed by atoms with Crippen molar-refractivity contribution < 1.29 is 0 Å². The zero-order chi connectivity index (χ0) is 12.0. The first-order valence-electron chi connectivity index (χ1n) is 6.08. The molecule has 0 aliphatic carbocycles. The number of thioether (sulfide) groups is 1. The van der Waals surface area contributed by atoms with Crippen LogP contribution in [0.25, 0.3) is 0 Å². The molecule has 0 aliphatic heterocycles. The van der Waals surface area contributed by atoms with Gasteiger partial charge in [-0.2, -0.15) is 0 Å². The second-order valence-electron chi connectivity index (χ2n) is 4.49. The average Bonchev–Trinajstić information content (AvgIpc) is 2.29. The first-order chi connectivity index (χ1) is 7.69. The fraction of sp³-hybridized carbons (Fsp3) is 0.571. The molecule has 90 valence electrons. The lowest BCUT2D eigenvalue weighted by molar-refractivity contribution is 0.568. The molecule has 0 aromatic heterocycles. The molecule has 16 heavy (non-hydrogen) atoms. The molecule has 0 saturated carbocycles. The van der Waals surface area contributed by atoms with Crippen molar-refractivity contribution in [2.24, 2.45) is 5.92 Å². The molecule has 0 fully saturated rings. The van der Waals surface area contributed by atoms with E-state index in [-0.39, 0.29) is 0 Å². The van der Waals surface area contributed by atoms with Gasteiger partial charge in [0.05, 0.1) is 0 Å². The Morgan fingerprint density at radius 2 is 1.94 bits per heavy atom. The van der Waals surface area contributed by atoms with Crippen molar-refractivity contribution in [3.05, 3.63) is 29.8 Å². The molecule has 0 spiro atoms. The lowest BCUT2D eigenvalue weighted by atomic mass is 10.1. The van der Waals surface area contributed by atoms with Crippen molar-refractivity contribution in [3.8, 4) is 0 Å². The van der Waals surface area contributed by atoms with Crippen LogP contribution in [-0.4, -0.2) is 12.8 Å². The predicted molar refractivity (Wildman–Crippen MR) is 74.1 cm³/mol. The summed E-state index contributed by atoms with van der Waals surface area (Å²) in [7, 11) is 2.04. The van der Waals surface area contributed by atoms with Crippen LogP contribution in [0.4, 0.5) is 0 Å². The summed E-state index contributed by atoms with van der Waals surface area (Å²) in [5.74, 6) is 1.93. The Bertz CT molecular complexity index is 305. The number of hydrogen-bond donors (Lipinski definition) is 1. The van der Waals surface area contributed by atoms with E-state index in [2.05, 4.69) is 50.4 Å². The van der Waals surface area contributed by atoms with Gasteiger partial charge in [0.25, 0.3) is 0 Å². The Hall–Kier alpha value is -0.470. The second kappa shape index (κ2) is 6.97. The van der Waals surface area contributed by atoms with Crippen LogP contribution in [-0.2, 0) is 0 Å². The number of benzene rings is 1. The van der Waals surface area contributed by atoms with Crippen molar-refractivity contribution in [1.82, 2.24) is 5.32 Å². The van der Waals surface area contributed by atoms with E-state index >= 15 is 0 Å². The van der Waals surface area contributed by atoms with E-state index < -0.39 is 0 Å². The van der Waals surface area contributed by atoms with Crippen molar-refractivity contribution in [2.75, 3.05) is 12.8 Å². The molecule has 2 heteroatoms. The minimum atomic E-state index is 0.482. The highest BCUT2D eigenvalue weighted by Crippen LogP contribution is 2.29. The minimum absolute atomic E-state index is 0.482. The van der Waals surface area contributed by atoms with Crippen LogP contribution in [0.5, 0.6) is 0 Å². The first kappa shape index (κ1) is 13.6. The van der Waals surface area contributed by atoms with Gasteiger partial charge in [-0.25, -0.2) is 0 Å². The lowest BCUT2D eigenvalue weighted by Gasteiger charge is -2.18. The quantitative estimate of drug-likeness (QED) is 0.747. The molecule has 1 nitrogen and oxygen atoms in total. The summed E-state index contributed by atoms with van der Waals surface area (Å²) < 4.78 is 0. The molecule has 0 amide bonds. The minimum Gasteiger partial charge on any atom is -0.313 e. The highest BCUT2D eigenvalue weighted by Gasteiger charge is 2.11. The summed E-state index contributed by atoms with van der Waals surface area (Å²) >= 11 is 1.97. The molecule has 0 saturated heterocycles. The summed E-state index contributed by atoms with van der Waals surface area (Å²) in [6.45, 7) is 6.76. The maximum atomic E-state index is 3.38. The lowest BCUT2D eigenvalue weighted by Crippen LogP contribution is -2.16. The van der Waals surface area contributed by atoms with Crippen LogP contribution >= 0.6 is 11.8 Å². The van der Waals surface area contributed by atoms with Gasteiger partial charge in [0, 0.05) is 16.7 Å². The fourth-order valence-corrected chi connectivity index (χ4v) is 2.80. The van der Waals surface area contributed by atoms with E-state index in [1.165, 1.54) is 16.2 Å². The average molecular weight is 237 g/mol. The van der Waals surface area contributed by atoms with Crippen LogP contribution in [0.1, 0.15) is 38.8 Å². The van der Waals surface area contributed by atoms with Crippen LogP contribution in [0.15, 0.2) is 29.2 Å². The van der Waals surface area contributed by atoms with Crippen molar-refractivity contribution >= 4 is 11.8 Å². The molecule has 0 bridgehead atoms. The van der Waals surface area contributed by atoms with Gasteiger partial charge in [0.15, 0.2) is 0 Å². The van der Waals surface area contributed by atoms with Crippen molar-refractivity contribution in [3.63, 3.8) is 0 Å². The highest BCUT2D eigenvalue weighted by atomic mass is 32.2. The van der Waals surface area contributed by atoms with E-state index in [1.54, 1.807) is 0 Å². The maximum absolute atomic E-state index is 3.38. The van der Waals surface area contributed by atoms with Crippen LogP contribution < -0.4 is 5.32 Å². The summed E-state index contributed by atoms with van der Waals surface area (Å²) in [6.07, 6.45) is 1.13. The monoisotopic (exact) mass is 237 g/mol. The molecular formula is C14H23NS.